The molecule has 0 aromatic heterocycles. The summed E-state index contributed by atoms with van der Waals surface area (Å²) in [4.78, 5) is 12.8. The Morgan fingerprint density at radius 1 is 0.968 bits per heavy atom. The number of benzene rings is 3. The van der Waals surface area contributed by atoms with E-state index >= 15 is 0 Å². The summed E-state index contributed by atoms with van der Waals surface area (Å²) in [7, 11) is -2.22. The standard InChI is InChI=1S/C22H20F2N2O4S/c1-26(31(2,28)29)20-12-11-16(15-7-4-3-5-8-15)14-19(20)25-21(27)17-9-6-10-18(13-17)30-22(23)24/h3-14,22H,1-2H3,(H,25,27). The van der Waals surface area contributed by atoms with Crippen LogP contribution in [0, 0.1) is 0 Å². The Hall–Kier alpha value is -3.46. The Morgan fingerprint density at radius 3 is 2.32 bits per heavy atom. The molecular weight excluding hydrogens is 426 g/mol. The van der Waals surface area contributed by atoms with Gasteiger partial charge in [-0.3, -0.25) is 9.10 Å². The van der Waals surface area contributed by atoms with E-state index in [1.165, 1.54) is 31.3 Å². The van der Waals surface area contributed by atoms with Gasteiger partial charge in [-0.1, -0.05) is 42.5 Å². The van der Waals surface area contributed by atoms with Gasteiger partial charge in [0.1, 0.15) is 5.75 Å². The molecule has 0 bridgehead atoms. The summed E-state index contributed by atoms with van der Waals surface area (Å²) in [6.07, 6.45) is 1.05. The zero-order valence-electron chi connectivity index (χ0n) is 16.7. The van der Waals surface area contributed by atoms with Crippen LogP contribution in [-0.4, -0.2) is 34.2 Å². The highest BCUT2D eigenvalue weighted by Crippen LogP contribution is 2.32. The van der Waals surface area contributed by atoms with Crippen molar-refractivity contribution in [2.24, 2.45) is 0 Å². The third kappa shape index (κ3) is 5.58. The van der Waals surface area contributed by atoms with Crippen LogP contribution in [0.4, 0.5) is 20.2 Å². The maximum Gasteiger partial charge on any atom is 0.387 e. The van der Waals surface area contributed by atoms with Crippen molar-refractivity contribution in [1.29, 1.82) is 0 Å². The van der Waals surface area contributed by atoms with E-state index in [0.29, 0.717) is 0 Å². The smallest absolute Gasteiger partial charge is 0.387 e. The van der Waals surface area contributed by atoms with Crippen molar-refractivity contribution in [2.75, 3.05) is 22.9 Å². The molecule has 3 aromatic rings. The Bertz CT molecular complexity index is 1190. The number of hydrogen-bond donors (Lipinski definition) is 1. The molecule has 0 atom stereocenters. The van der Waals surface area contributed by atoms with Gasteiger partial charge >= 0.3 is 6.61 Å². The molecule has 0 fully saturated rings. The topological polar surface area (TPSA) is 75.7 Å². The molecule has 0 saturated heterocycles. The number of rotatable bonds is 7. The monoisotopic (exact) mass is 446 g/mol. The van der Waals surface area contributed by atoms with Crippen molar-refractivity contribution in [3.8, 4) is 16.9 Å². The number of amides is 1. The van der Waals surface area contributed by atoms with E-state index in [4.69, 9.17) is 0 Å². The number of anilines is 2. The van der Waals surface area contributed by atoms with Gasteiger partial charge in [0.25, 0.3) is 5.91 Å². The number of hydrogen-bond acceptors (Lipinski definition) is 4. The first-order valence-corrected chi connectivity index (χ1v) is 11.0. The van der Waals surface area contributed by atoms with E-state index in [2.05, 4.69) is 10.1 Å². The molecule has 6 nitrogen and oxygen atoms in total. The quantitative estimate of drug-likeness (QED) is 0.575. The Labute approximate surface area is 179 Å². The minimum absolute atomic E-state index is 0.0798. The van der Waals surface area contributed by atoms with Crippen molar-refractivity contribution in [3.05, 3.63) is 78.4 Å². The summed E-state index contributed by atoms with van der Waals surface area (Å²) >= 11 is 0. The largest absolute Gasteiger partial charge is 0.435 e. The molecule has 3 rings (SSSR count). The predicted molar refractivity (Wildman–Crippen MR) is 116 cm³/mol. The number of nitrogens with one attached hydrogen (secondary N) is 1. The van der Waals surface area contributed by atoms with E-state index in [-0.39, 0.29) is 22.7 Å². The van der Waals surface area contributed by atoms with Gasteiger partial charge in [0, 0.05) is 12.6 Å². The summed E-state index contributed by atoms with van der Waals surface area (Å²) in [6, 6.07) is 19.7. The van der Waals surface area contributed by atoms with Crippen molar-refractivity contribution in [3.63, 3.8) is 0 Å². The highest BCUT2D eigenvalue weighted by molar-refractivity contribution is 7.92. The lowest BCUT2D eigenvalue weighted by Gasteiger charge is -2.21. The lowest BCUT2D eigenvalue weighted by atomic mass is 10.0. The number of alkyl halides is 2. The van der Waals surface area contributed by atoms with E-state index in [1.807, 2.05) is 30.3 Å². The average Bonchev–Trinajstić information content (AvgIpc) is 2.73. The lowest BCUT2D eigenvalue weighted by Crippen LogP contribution is -2.26. The first-order valence-electron chi connectivity index (χ1n) is 9.15. The van der Waals surface area contributed by atoms with Crippen LogP contribution in [0.1, 0.15) is 10.4 Å². The van der Waals surface area contributed by atoms with Crippen molar-refractivity contribution >= 4 is 27.3 Å². The Morgan fingerprint density at radius 2 is 1.68 bits per heavy atom. The second kappa shape index (κ2) is 9.13. The first-order chi connectivity index (χ1) is 14.6. The molecule has 0 radical (unpaired) electrons. The van der Waals surface area contributed by atoms with Gasteiger partial charge in [0.05, 0.1) is 17.6 Å². The predicted octanol–water partition coefficient (Wildman–Crippen LogP) is 4.60. The van der Waals surface area contributed by atoms with E-state index in [1.54, 1.807) is 18.2 Å². The van der Waals surface area contributed by atoms with Crippen LogP contribution in [0.3, 0.4) is 0 Å². The van der Waals surface area contributed by atoms with Crippen LogP contribution < -0.4 is 14.4 Å². The van der Waals surface area contributed by atoms with Crippen LogP contribution >= 0.6 is 0 Å². The van der Waals surface area contributed by atoms with Gasteiger partial charge in [0.15, 0.2) is 0 Å². The number of sulfonamides is 1. The van der Waals surface area contributed by atoms with Crippen molar-refractivity contribution < 1.29 is 26.7 Å². The van der Waals surface area contributed by atoms with Crippen LogP contribution in [0.2, 0.25) is 0 Å². The number of halogens is 2. The van der Waals surface area contributed by atoms with Crippen LogP contribution in [0.25, 0.3) is 11.1 Å². The molecule has 1 amide bonds. The SMILES string of the molecule is CN(c1ccc(-c2ccccc2)cc1NC(=O)c1cccc(OC(F)F)c1)S(C)(=O)=O. The van der Waals surface area contributed by atoms with Gasteiger partial charge in [-0.2, -0.15) is 8.78 Å². The Balaban J connectivity index is 2.00. The highest BCUT2D eigenvalue weighted by Gasteiger charge is 2.19. The van der Waals surface area contributed by atoms with E-state index in [0.717, 1.165) is 21.7 Å². The third-order valence-corrected chi connectivity index (χ3v) is 5.70. The lowest BCUT2D eigenvalue weighted by molar-refractivity contribution is -0.0498. The zero-order valence-corrected chi connectivity index (χ0v) is 17.6. The van der Waals surface area contributed by atoms with E-state index < -0.39 is 22.5 Å². The molecule has 0 saturated carbocycles. The van der Waals surface area contributed by atoms with Gasteiger partial charge < -0.3 is 10.1 Å². The molecule has 0 aliphatic rings. The summed E-state index contributed by atoms with van der Waals surface area (Å²) in [5, 5.41) is 2.68. The minimum Gasteiger partial charge on any atom is -0.435 e. The fourth-order valence-electron chi connectivity index (χ4n) is 2.91. The van der Waals surface area contributed by atoms with Gasteiger partial charge in [0.2, 0.25) is 10.0 Å². The molecule has 3 aromatic carbocycles. The minimum atomic E-state index is -3.60. The molecule has 9 heteroatoms. The fraction of sp³-hybridized carbons (Fsp3) is 0.136. The molecule has 0 heterocycles. The third-order valence-electron chi connectivity index (χ3n) is 4.51. The summed E-state index contributed by atoms with van der Waals surface area (Å²) in [5.74, 6) is -0.762. The Kier molecular flexibility index (Phi) is 6.55. The van der Waals surface area contributed by atoms with Gasteiger partial charge in [-0.15, -0.1) is 0 Å². The van der Waals surface area contributed by atoms with Crippen LogP contribution in [-0.2, 0) is 10.0 Å². The number of carbonyl (C=O) groups is 1. The number of nitrogens with zero attached hydrogens (tertiary/aromatic N) is 1. The molecule has 0 spiro atoms. The van der Waals surface area contributed by atoms with Crippen LogP contribution in [0.5, 0.6) is 5.75 Å². The van der Waals surface area contributed by atoms with Gasteiger partial charge in [-0.25, -0.2) is 8.42 Å². The molecule has 0 aliphatic heterocycles. The van der Waals surface area contributed by atoms with Crippen molar-refractivity contribution in [1.82, 2.24) is 0 Å². The molecular formula is C22H20F2N2O4S. The highest BCUT2D eigenvalue weighted by atomic mass is 32.2. The van der Waals surface area contributed by atoms with Crippen LogP contribution in [0.15, 0.2) is 72.8 Å². The fourth-order valence-corrected chi connectivity index (χ4v) is 3.42. The number of carbonyl (C=O) groups excluding carboxylic acids is 1. The molecule has 31 heavy (non-hydrogen) atoms. The van der Waals surface area contributed by atoms with E-state index in [9.17, 15) is 22.0 Å². The normalized spacial score (nSPS) is 11.3. The molecule has 162 valence electrons. The first kappa shape index (κ1) is 22.2. The second-order valence-electron chi connectivity index (χ2n) is 6.69. The van der Waals surface area contributed by atoms with Crippen molar-refractivity contribution in [2.45, 2.75) is 6.61 Å². The molecule has 0 aliphatic carbocycles. The zero-order chi connectivity index (χ0) is 22.6. The average molecular weight is 446 g/mol. The number of ether oxygens (including phenoxy) is 1. The van der Waals surface area contributed by atoms with Gasteiger partial charge in [-0.05, 0) is 41.5 Å². The molecule has 0 unspecified atom stereocenters. The summed E-state index contributed by atoms with van der Waals surface area (Å²) in [5.41, 5.74) is 2.22. The summed E-state index contributed by atoms with van der Waals surface area (Å²) in [6.45, 7) is -3.02. The molecule has 1 N–H and O–H groups in total. The summed E-state index contributed by atoms with van der Waals surface area (Å²) < 4.78 is 54.5. The maximum atomic E-state index is 12.8. The second-order valence-corrected chi connectivity index (χ2v) is 8.70. The maximum absolute atomic E-state index is 12.8.